The fourth-order valence-electron chi connectivity index (χ4n) is 4.10. The highest BCUT2D eigenvalue weighted by Crippen LogP contribution is 2.46. The van der Waals surface area contributed by atoms with E-state index in [4.69, 9.17) is 9.47 Å². The maximum atomic E-state index is 13.2. The first kappa shape index (κ1) is 24.5. The van der Waals surface area contributed by atoms with Gasteiger partial charge in [-0.2, -0.15) is 0 Å². The third-order valence-corrected chi connectivity index (χ3v) is 8.13. The van der Waals surface area contributed by atoms with Gasteiger partial charge in [0, 0.05) is 12.1 Å². The molecule has 184 valence electrons. The molecule has 0 aliphatic carbocycles. The van der Waals surface area contributed by atoms with E-state index in [9.17, 15) is 29.1 Å². The SMILES string of the molecule is CC1(C)[C@H](C(=O)OCc2ccc([N+](=O)[O-])cc2)N2C(=O)[C@@H](NC(=O)COc3ccccc3)[C@H]2[S+]1[O-]. The molecule has 2 fully saturated rings. The molecule has 2 amide bonds. The second kappa shape index (κ2) is 9.55. The van der Waals surface area contributed by atoms with Gasteiger partial charge in [0.05, 0.1) is 4.92 Å². The number of hydrogen-bond donors (Lipinski definition) is 1. The van der Waals surface area contributed by atoms with Crippen LogP contribution >= 0.6 is 0 Å². The Bertz CT molecular complexity index is 1140. The van der Waals surface area contributed by atoms with Crippen molar-refractivity contribution in [3.8, 4) is 5.75 Å². The molecule has 11 nitrogen and oxygen atoms in total. The van der Waals surface area contributed by atoms with Crippen LogP contribution in [0.15, 0.2) is 54.6 Å². The summed E-state index contributed by atoms with van der Waals surface area (Å²) in [6.45, 7) is 2.71. The van der Waals surface area contributed by atoms with Crippen molar-refractivity contribution in [2.24, 2.45) is 0 Å². The van der Waals surface area contributed by atoms with Crippen LogP contribution in [0.1, 0.15) is 19.4 Å². The summed E-state index contributed by atoms with van der Waals surface area (Å²) >= 11 is -1.66. The molecule has 0 radical (unpaired) electrons. The molecule has 4 rings (SSSR count). The maximum absolute atomic E-state index is 13.2. The molecule has 1 N–H and O–H groups in total. The third kappa shape index (κ3) is 4.66. The van der Waals surface area contributed by atoms with Crippen molar-refractivity contribution in [1.29, 1.82) is 0 Å². The number of nitrogens with one attached hydrogen (secondary N) is 1. The van der Waals surface area contributed by atoms with Crippen LogP contribution in [0.5, 0.6) is 5.75 Å². The van der Waals surface area contributed by atoms with Crippen LogP contribution in [-0.2, 0) is 36.9 Å². The second-order valence-electron chi connectivity index (χ2n) is 8.62. The van der Waals surface area contributed by atoms with Crippen molar-refractivity contribution in [3.05, 3.63) is 70.3 Å². The summed E-state index contributed by atoms with van der Waals surface area (Å²) in [6.07, 6.45) is 0. The largest absolute Gasteiger partial charge is 0.614 e. The Morgan fingerprint density at radius 3 is 2.43 bits per heavy atom. The van der Waals surface area contributed by atoms with Crippen molar-refractivity contribution in [1.82, 2.24) is 10.2 Å². The Hall–Kier alpha value is -3.64. The Labute approximate surface area is 203 Å². The number of non-ortho nitro benzene ring substituents is 1. The van der Waals surface area contributed by atoms with E-state index in [0.29, 0.717) is 11.3 Å². The Balaban J connectivity index is 1.38. The summed E-state index contributed by atoms with van der Waals surface area (Å²) in [7, 11) is 0. The van der Waals surface area contributed by atoms with Crippen LogP contribution in [0.4, 0.5) is 5.69 Å². The molecule has 0 saturated carbocycles. The molecule has 4 atom stereocenters. The van der Waals surface area contributed by atoms with E-state index in [-0.39, 0.29) is 18.9 Å². The molecule has 2 saturated heterocycles. The topological polar surface area (TPSA) is 151 Å². The second-order valence-corrected chi connectivity index (χ2v) is 10.7. The Kier molecular flexibility index (Phi) is 6.68. The first-order chi connectivity index (χ1) is 16.6. The number of amides is 2. The van der Waals surface area contributed by atoms with Crippen molar-refractivity contribution >= 4 is 34.6 Å². The number of rotatable bonds is 8. The standard InChI is InChI=1S/C23H23N3O8S/c1-23(2)19(22(29)34-12-14-8-10-15(11-9-14)26(30)31)25-20(28)18(21(25)35(23)32)24-17(27)13-33-16-6-4-3-5-7-16/h3-11,18-19,21H,12-13H2,1-2H3,(H,24,27)/t18-,19+,21-,35?/m1/s1. The summed E-state index contributed by atoms with van der Waals surface area (Å²) in [5.74, 6) is -1.33. The molecule has 2 aromatic carbocycles. The van der Waals surface area contributed by atoms with Crippen LogP contribution in [0, 0.1) is 10.1 Å². The van der Waals surface area contributed by atoms with Crippen LogP contribution in [0.2, 0.25) is 0 Å². The van der Waals surface area contributed by atoms with Gasteiger partial charge in [-0.25, -0.2) is 4.79 Å². The van der Waals surface area contributed by atoms with Crippen molar-refractivity contribution in [3.63, 3.8) is 0 Å². The number of carbonyl (C=O) groups is 3. The predicted octanol–water partition coefficient (Wildman–Crippen LogP) is 1.28. The quantitative estimate of drug-likeness (QED) is 0.187. The molecule has 0 aromatic heterocycles. The predicted molar refractivity (Wildman–Crippen MR) is 123 cm³/mol. The molecule has 1 unspecified atom stereocenters. The van der Waals surface area contributed by atoms with Gasteiger partial charge in [-0.3, -0.25) is 24.6 Å². The number of nitro benzene ring substituents is 1. The normalized spacial score (nSPS) is 24.2. The van der Waals surface area contributed by atoms with Crippen LogP contribution in [0.25, 0.3) is 0 Å². The fraction of sp³-hybridized carbons (Fsp3) is 0.348. The van der Waals surface area contributed by atoms with Gasteiger partial charge in [-0.15, -0.1) is 0 Å². The molecule has 0 spiro atoms. The summed E-state index contributed by atoms with van der Waals surface area (Å²) in [5, 5.41) is 12.5. The molecule has 35 heavy (non-hydrogen) atoms. The zero-order valence-electron chi connectivity index (χ0n) is 18.9. The van der Waals surface area contributed by atoms with Crippen molar-refractivity contribution in [2.75, 3.05) is 6.61 Å². The van der Waals surface area contributed by atoms with E-state index < -0.39 is 56.1 Å². The highest BCUT2D eigenvalue weighted by atomic mass is 32.2. The average Bonchev–Trinajstić information content (AvgIpc) is 3.03. The minimum absolute atomic E-state index is 0.0938. The van der Waals surface area contributed by atoms with E-state index in [2.05, 4.69) is 5.32 Å². The number of esters is 1. The minimum atomic E-state index is -1.66. The van der Waals surface area contributed by atoms with Gasteiger partial charge >= 0.3 is 5.97 Å². The molecule has 0 bridgehead atoms. The van der Waals surface area contributed by atoms with Gasteiger partial charge in [0.2, 0.25) is 5.37 Å². The van der Waals surface area contributed by atoms with Gasteiger partial charge in [0.15, 0.2) is 23.4 Å². The van der Waals surface area contributed by atoms with Crippen LogP contribution < -0.4 is 10.1 Å². The maximum Gasteiger partial charge on any atom is 0.334 e. The molecule has 2 heterocycles. The Morgan fingerprint density at radius 1 is 1.14 bits per heavy atom. The highest BCUT2D eigenvalue weighted by Gasteiger charge is 2.73. The van der Waals surface area contributed by atoms with E-state index >= 15 is 0 Å². The lowest BCUT2D eigenvalue weighted by molar-refractivity contribution is -0.384. The molecule has 2 aliphatic rings. The number of hydrogen-bond acceptors (Lipinski definition) is 8. The minimum Gasteiger partial charge on any atom is -0.614 e. The van der Waals surface area contributed by atoms with E-state index in [0.717, 1.165) is 0 Å². The number of ether oxygens (including phenoxy) is 2. The number of carbonyl (C=O) groups excluding carboxylic acids is 3. The zero-order valence-corrected chi connectivity index (χ0v) is 19.7. The average molecular weight is 502 g/mol. The van der Waals surface area contributed by atoms with Gasteiger partial charge in [0.1, 0.15) is 12.4 Å². The number of β-lactam (4-membered cyclic amide) rings is 1. The number of nitrogens with zero attached hydrogens (tertiary/aromatic N) is 2. The zero-order chi connectivity index (χ0) is 25.3. The fourth-order valence-corrected chi connectivity index (χ4v) is 6.02. The number of fused-ring (bicyclic) bond motifs is 1. The number of nitro groups is 1. The monoisotopic (exact) mass is 501 g/mol. The van der Waals surface area contributed by atoms with Crippen LogP contribution in [-0.4, -0.2) is 61.0 Å². The summed E-state index contributed by atoms with van der Waals surface area (Å²) in [4.78, 5) is 49.5. The first-order valence-electron chi connectivity index (χ1n) is 10.7. The summed E-state index contributed by atoms with van der Waals surface area (Å²) in [6, 6.07) is 12.1. The smallest absolute Gasteiger partial charge is 0.334 e. The van der Waals surface area contributed by atoms with E-state index in [1.54, 1.807) is 44.2 Å². The van der Waals surface area contributed by atoms with Gasteiger partial charge in [-0.05, 0) is 54.9 Å². The number of benzene rings is 2. The van der Waals surface area contributed by atoms with Crippen molar-refractivity contribution < 1.29 is 33.3 Å². The van der Waals surface area contributed by atoms with Crippen molar-refractivity contribution in [2.45, 2.75) is 42.7 Å². The molecular formula is C23H23N3O8S. The number of para-hydroxylation sites is 1. The molecule has 12 heteroatoms. The molecule has 2 aliphatic heterocycles. The summed E-state index contributed by atoms with van der Waals surface area (Å²) in [5.41, 5.74) is 0.430. The first-order valence-corrected chi connectivity index (χ1v) is 11.9. The van der Waals surface area contributed by atoms with Crippen LogP contribution in [0.3, 0.4) is 0 Å². The highest BCUT2D eigenvalue weighted by molar-refractivity contribution is 7.94. The molecular weight excluding hydrogens is 478 g/mol. The van der Waals surface area contributed by atoms with E-state index in [1.165, 1.54) is 29.2 Å². The lowest BCUT2D eigenvalue weighted by atomic mass is 9.96. The lowest BCUT2D eigenvalue weighted by Crippen LogP contribution is -2.72. The van der Waals surface area contributed by atoms with Gasteiger partial charge in [-0.1, -0.05) is 18.2 Å². The van der Waals surface area contributed by atoms with Gasteiger partial charge in [0.25, 0.3) is 17.5 Å². The summed E-state index contributed by atoms with van der Waals surface area (Å²) < 4.78 is 22.8. The molecule has 2 aromatic rings. The Morgan fingerprint density at radius 2 is 1.80 bits per heavy atom. The third-order valence-electron chi connectivity index (χ3n) is 5.94. The van der Waals surface area contributed by atoms with Gasteiger partial charge < -0.3 is 19.3 Å². The van der Waals surface area contributed by atoms with E-state index in [1.807, 2.05) is 0 Å². The lowest BCUT2D eigenvalue weighted by Gasteiger charge is -2.41.